The molecule has 1 aliphatic heterocycles. The third-order valence-electron chi connectivity index (χ3n) is 4.29. The molecule has 1 atom stereocenters. The Hall–Kier alpha value is -1.07. The monoisotopic (exact) mass is 311 g/mol. The van der Waals surface area contributed by atoms with Gasteiger partial charge in [0.25, 0.3) is 0 Å². The first-order valence-electron chi connectivity index (χ1n) is 7.40. The van der Waals surface area contributed by atoms with Crippen LogP contribution in [0.25, 0.3) is 0 Å². The SMILES string of the molecule is CCC1(C(=O)O)CCCN(CCSc2ccccc2F)C1. The van der Waals surface area contributed by atoms with Crippen LogP contribution in [-0.4, -0.2) is 41.4 Å². The Balaban J connectivity index is 1.86. The normalized spacial score (nSPS) is 23.1. The number of carboxylic acids is 1. The van der Waals surface area contributed by atoms with Crippen LogP contribution in [0, 0.1) is 11.2 Å². The lowest BCUT2D eigenvalue weighted by Crippen LogP contribution is -2.48. The summed E-state index contributed by atoms with van der Waals surface area (Å²) >= 11 is 1.49. The van der Waals surface area contributed by atoms with Gasteiger partial charge >= 0.3 is 5.97 Å². The van der Waals surface area contributed by atoms with Crippen LogP contribution in [0.15, 0.2) is 29.2 Å². The van der Waals surface area contributed by atoms with Crippen LogP contribution in [0.2, 0.25) is 0 Å². The summed E-state index contributed by atoms with van der Waals surface area (Å²) in [4.78, 5) is 14.4. The number of carboxylic acid groups (broad SMARTS) is 1. The third kappa shape index (κ3) is 3.98. The van der Waals surface area contributed by atoms with Gasteiger partial charge in [0.2, 0.25) is 0 Å². The van der Waals surface area contributed by atoms with Crippen LogP contribution >= 0.6 is 11.8 Å². The van der Waals surface area contributed by atoms with Crippen molar-refractivity contribution in [3.8, 4) is 0 Å². The molecule has 0 aliphatic carbocycles. The number of likely N-dealkylation sites (tertiary alicyclic amines) is 1. The van der Waals surface area contributed by atoms with E-state index in [0.717, 1.165) is 31.7 Å². The zero-order chi connectivity index (χ0) is 15.3. The van der Waals surface area contributed by atoms with Crippen molar-refractivity contribution in [2.24, 2.45) is 5.41 Å². The van der Waals surface area contributed by atoms with Crippen LogP contribution in [-0.2, 0) is 4.79 Å². The van der Waals surface area contributed by atoms with E-state index in [2.05, 4.69) is 4.90 Å². The van der Waals surface area contributed by atoms with Gasteiger partial charge < -0.3 is 10.0 Å². The number of aliphatic carboxylic acids is 1. The van der Waals surface area contributed by atoms with E-state index in [1.165, 1.54) is 17.8 Å². The van der Waals surface area contributed by atoms with Crippen LogP contribution in [0.4, 0.5) is 4.39 Å². The molecule has 0 bridgehead atoms. The molecule has 0 amide bonds. The molecule has 1 saturated heterocycles. The molecule has 0 saturated carbocycles. The number of rotatable bonds is 6. The van der Waals surface area contributed by atoms with Gasteiger partial charge in [-0.1, -0.05) is 19.1 Å². The molecule has 1 heterocycles. The minimum Gasteiger partial charge on any atom is -0.481 e. The number of benzene rings is 1. The summed E-state index contributed by atoms with van der Waals surface area (Å²) in [7, 11) is 0. The molecule has 5 heteroatoms. The van der Waals surface area contributed by atoms with Gasteiger partial charge in [-0.15, -0.1) is 11.8 Å². The maximum Gasteiger partial charge on any atom is 0.310 e. The van der Waals surface area contributed by atoms with Gasteiger partial charge in [-0.05, 0) is 37.9 Å². The topological polar surface area (TPSA) is 40.5 Å². The molecule has 21 heavy (non-hydrogen) atoms. The number of hydrogen-bond acceptors (Lipinski definition) is 3. The van der Waals surface area contributed by atoms with Crippen molar-refractivity contribution >= 4 is 17.7 Å². The lowest BCUT2D eigenvalue weighted by atomic mass is 9.78. The van der Waals surface area contributed by atoms with E-state index in [9.17, 15) is 14.3 Å². The number of hydrogen-bond donors (Lipinski definition) is 1. The smallest absolute Gasteiger partial charge is 0.310 e. The van der Waals surface area contributed by atoms with Gasteiger partial charge in [0.15, 0.2) is 0 Å². The Morgan fingerprint density at radius 1 is 1.48 bits per heavy atom. The number of carbonyl (C=O) groups is 1. The average molecular weight is 311 g/mol. The van der Waals surface area contributed by atoms with E-state index >= 15 is 0 Å². The van der Waals surface area contributed by atoms with E-state index in [-0.39, 0.29) is 5.82 Å². The first-order chi connectivity index (χ1) is 10.1. The molecule has 1 aromatic carbocycles. The quantitative estimate of drug-likeness (QED) is 0.816. The Morgan fingerprint density at radius 2 is 2.24 bits per heavy atom. The molecular formula is C16H22FNO2S. The summed E-state index contributed by atoms with van der Waals surface area (Å²) in [6, 6.07) is 6.77. The Morgan fingerprint density at radius 3 is 2.90 bits per heavy atom. The second-order valence-corrected chi connectivity index (χ2v) is 6.73. The molecule has 1 fully saturated rings. The minimum absolute atomic E-state index is 0.186. The fourth-order valence-electron chi connectivity index (χ4n) is 2.88. The number of nitrogens with zero attached hydrogens (tertiary/aromatic N) is 1. The predicted octanol–water partition coefficient (Wildman–Crippen LogP) is 3.49. The zero-order valence-electron chi connectivity index (χ0n) is 12.3. The van der Waals surface area contributed by atoms with Crippen molar-refractivity contribution in [3.05, 3.63) is 30.1 Å². The van der Waals surface area contributed by atoms with E-state index in [1.807, 2.05) is 13.0 Å². The highest BCUT2D eigenvalue weighted by atomic mass is 32.2. The van der Waals surface area contributed by atoms with Crippen molar-refractivity contribution in [1.82, 2.24) is 4.90 Å². The molecule has 116 valence electrons. The van der Waals surface area contributed by atoms with Crippen molar-refractivity contribution < 1.29 is 14.3 Å². The first-order valence-corrected chi connectivity index (χ1v) is 8.39. The fraction of sp³-hybridized carbons (Fsp3) is 0.562. The summed E-state index contributed by atoms with van der Waals surface area (Å²) < 4.78 is 13.5. The number of piperidine rings is 1. The van der Waals surface area contributed by atoms with E-state index in [4.69, 9.17) is 0 Å². The van der Waals surface area contributed by atoms with Crippen LogP contribution in [0.5, 0.6) is 0 Å². The maximum absolute atomic E-state index is 13.5. The van der Waals surface area contributed by atoms with E-state index < -0.39 is 11.4 Å². The fourth-order valence-corrected chi connectivity index (χ4v) is 3.83. The van der Waals surface area contributed by atoms with Gasteiger partial charge in [-0.25, -0.2) is 4.39 Å². The predicted molar refractivity (Wildman–Crippen MR) is 83.2 cm³/mol. The van der Waals surface area contributed by atoms with Gasteiger partial charge in [-0.3, -0.25) is 4.79 Å². The summed E-state index contributed by atoms with van der Waals surface area (Å²) in [6.45, 7) is 4.29. The van der Waals surface area contributed by atoms with Crippen molar-refractivity contribution in [2.45, 2.75) is 31.1 Å². The maximum atomic E-state index is 13.5. The van der Waals surface area contributed by atoms with Crippen LogP contribution < -0.4 is 0 Å². The molecule has 0 spiro atoms. The van der Waals surface area contributed by atoms with Gasteiger partial charge in [0.05, 0.1) is 5.41 Å². The van der Waals surface area contributed by atoms with Crippen LogP contribution in [0.1, 0.15) is 26.2 Å². The van der Waals surface area contributed by atoms with Gasteiger partial charge in [0.1, 0.15) is 5.82 Å². The van der Waals surface area contributed by atoms with Crippen molar-refractivity contribution in [1.29, 1.82) is 0 Å². The minimum atomic E-state index is -0.684. The molecule has 0 aromatic heterocycles. The molecule has 1 N–H and O–H groups in total. The largest absolute Gasteiger partial charge is 0.481 e. The lowest BCUT2D eigenvalue weighted by Gasteiger charge is -2.39. The molecule has 0 radical (unpaired) electrons. The molecule has 1 unspecified atom stereocenters. The standard InChI is InChI=1S/C16H22FNO2S/c1-2-16(15(19)20)8-5-9-18(12-16)10-11-21-14-7-4-3-6-13(14)17/h3-4,6-7H,2,5,8-12H2,1H3,(H,19,20). The Kier molecular flexibility index (Phi) is 5.65. The second kappa shape index (κ2) is 7.27. The van der Waals surface area contributed by atoms with E-state index in [1.54, 1.807) is 12.1 Å². The number of halogens is 1. The molecule has 3 nitrogen and oxygen atoms in total. The summed E-state index contributed by atoms with van der Waals surface area (Å²) in [5.74, 6) is -0.0913. The van der Waals surface area contributed by atoms with Crippen LogP contribution in [0.3, 0.4) is 0 Å². The highest BCUT2D eigenvalue weighted by molar-refractivity contribution is 7.99. The van der Waals surface area contributed by atoms with Crippen molar-refractivity contribution in [3.63, 3.8) is 0 Å². The summed E-state index contributed by atoms with van der Waals surface area (Å²) in [5.41, 5.74) is -0.596. The number of thioether (sulfide) groups is 1. The molecule has 1 aliphatic rings. The molecular weight excluding hydrogens is 289 g/mol. The average Bonchev–Trinajstić information content (AvgIpc) is 2.49. The van der Waals surface area contributed by atoms with E-state index in [0.29, 0.717) is 17.9 Å². The Bertz CT molecular complexity index is 497. The highest BCUT2D eigenvalue weighted by Crippen LogP contribution is 2.34. The zero-order valence-corrected chi connectivity index (χ0v) is 13.2. The van der Waals surface area contributed by atoms with Gasteiger partial charge in [-0.2, -0.15) is 0 Å². The highest BCUT2D eigenvalue weighted by Gasteiger charge is 2.40. The van der Waals surface area contributed by atoms with Gasteiger partial charge in [0, 0.05) is 23.7 Å². The Labute approximate surface area is 129 Å². The third-order valence-corrected chi connectivity index (χ3v) is 5.32. The molecule has 1 aromatic rings. The van der Waals surface area contributed by atoms with Crippen molar-refractivity contribution in [2.75, 3.05) is 25.4 Å². The molecule has 2 rings (SSSR count). The summed E-state index contributed by atoms with van der Waals surface area (Å²) in [6.07, 6.45) is 2.35. The second-order valence-electron chi connectivity index (χ2n) is 5.60. The summed E-state index contributed by atoms with van der Waals surface area (Å²) in [5, 5.41) is 9.46. The first kappa shape index (κ1) is 16.3. The lowest BCUT2D eigenvalue weighted by molar-refractivity contribution is -0.152.